The summed E-state index contributed by atoms with van der Waals surface area (Å²) in [4.78, 5) is 7.26. The fraction of sp³-hybridized carbons (Fsp3) is 0.944. The molecule has 0 saturated carbocycles. The summed E-state index contributed by atoms with van der Waals surface area (Å²) >= 11 is 0. The van der Waals surface area contributed by atoms with Gasteiger partial charge in [-0.05, 0) is 51.6 Å². The summed E-state index contributed by atoms with van der Waals surface area (Å²) in [6.07, 6.45) is 7.82. The lowest BCUT2D eigenvalue weighted by atomic mass is 9.98. The molecule has 0 spiro atoms. The molecule has 2 atom stereocenters. The lowest BCUT2D eigenvalue weighted by Gasteiger charge is -2.30. The van der Waals surface area contributed by atoms with E-state index in [9.17, 15) is 0 Å². The van der Waals surface area contributed by atoms with Crippen LogP contribution in [0, 0.1) is 11.8 Å². The number of likely N-dealkylation sites (tertiary alicyclic amines) is 1. The van der Waals surface area contributed by atoms with Crippen LogP contribution >= 0.6 is 0 Å². The monoisotopic (exact) mass is 310 g/mol. The largest absolute Gasteiger partial charge is 0.357 e. The number of aliphatic imine (C=N–C) groups is 1. The Hall–Kier alpha value is -0.770. The summed E-state index contributed by atoms with van der Waals surface area (Å²) in [5, 5.41) is 6.95. The number of piperidine rings is 1. The van der Waals surface area contributed by atoms with E-state index in [1.807, 2.05) is 0 Å². The van der Waals surface area contributed by atoms with E-state index in [-0.39, 0.29) is 0 Å². The molecule has 4 nitrogen and oxygen atoms in total. The first kappa shape index (κ1) is 19.3. The van der Waals surface area contributed by atoms with E-state index in [2.05, 4.69) is 43.4 Å². The van der Waals surface area contributed by atoms with Crippen molar-refractivity contribution in [1.29, 1.82) is 0 Å². The van der Waals surface area contributed by atoms with Crippen LogP contribution in [0.4, 0.5) is 0 Å². The minimum atomic E-state index is 0.733. The van der Waals surface area contributed by atoms with Crippen LogP contribution in [0.1, 0.15) is 59.3 Å². The van der Waals surface area contributed by atoms with Gasteiger partial charge < -0.3 is 15.5 Å². The molecule has 130 valence electrons. The lowest BCUT2D eigenvalue weighted by molar-refractivity contribution is 0.210. The molecule has 4 heteroatoms. The molecular weight excluding hydrogens is 272 g/mol. The Bertz CT molecular complexity index is 303. The van der Waals surface area contributed by atoms with Gasteiger partial charge in [0, 0.05) is 26.2 Å². The summed E-state index contributed by atoms with van der Waals surface area (Å²) in [5.74, 6) is 2.49. The molecule has 1 aliphatic heterocycles. The second-order valence-electron chi connectivity index (χ2n) is 6.79. The molecule has 0 aliphatic carbocycles. The Kier molecular flexibility index (Phi) is 10.3. The van der Waals surface area contributed by atoms with Gasteiger partial charge in [-0.3, -0.25) is 4.99 Å². The van der Waals surface area contributed by atoms with Gasteiger partial charge in [0.25, 0.3) is 0 Å². The first-order chi connectivity index (χ1) is 10.7. The molecule has 2 N–H and O–H groups in total. The SMILES string of the molecule is CCCCC(CC)CN=C(NCC)NCC1CCCN(C)C1. The number of rotatable bonds is 9. The molecule has 0 aromatic heterocycles. The first-order valence-electron chi connectivity index (χ1n) is 9.40. The Morgan fingerprint density at radius 1 is 1.27 bits per heavy atom. The van der Waals surface area contributed by atoms with Gasteiger partial charge in [0.2, 0.25) is 0 Å². The highest BCUT2D eigenvalue weighted by Gasteiger charge is 2.17. The van der Waals surface area contributed by atoms with Crippen molar-refractivity contribution in [2.75, 3.05) is 39.8 Å². The number of unbranched alkanes of at least 4 members (excludes halogenated alkanes) is 1. The van der Waals surface area contributed by atoms with Gasteiger partial charge in [-0.15, -0.1) is 0 Å². The maximum Gasteiger partial charge on any atom is 0.191 e. The summed E-state index contributed by atoms with van der Waals surface area (Å²) in [6.45, 7) is 12.1. The lowest BCUT2D eigenvalue weighted by Crippen LogP contribution is -2.43. The number of nitrogens with zero attached hydrogens (tertiary/aromatic N) is 2. The number of hydrogen-bond acceptors (Lipinski definition) is 2. The van der Waals surface area contributed by atoms with Crippen molar-refractivity contribution >= 4 is 5.96 Å². The molecule has 22 heavy (non-hydrogen) atoms. The van der Waals surface area contributed by atoms with Crippen LogP contribution < -0.4 is 10.6 Å². The molecule has 2 unspecified atom stereocenters. The second-order valence-corrected chi connectivity index (χ2v) is 6.79. The fourth-order valence-corrected chi connectivity index (χ4v) is 3.16. The van der Waals surface area contributed by atoms with Crippen molar-refractivity contribution < 1.29 is 0 Å². The maximum absolute atomic E-state index is 4.82. The quantitative estimate of drug-likeness (QED) is 0.508. The predicted octanol–water partition coefficient (Wildman–Crippen LogP) is 3.10. The summed E-state index contributed by atoms with van der Waals surface area (Å²) in [5.41, 5.74) is 0. The van der Waals surface area contributed by atoms with Crippen LogP contribution in [0.15, 0.2) is 4.99 Å². The smallest absolute Gasteiger partial charge is 0.191 e. The Morgan fingerprint density at radius 2 is 2.09 bits per heavy atom. The highest BCUT2D eigenvalue weighted by atomic mass is 15.2. The minimum absolute atomic E-state index is 0.733. The van der Waals surface area contributed by atoms with Gasteiger partial charge in [0.05, 0.1) is 0 Å². The minimum Gasteiger partial charge on any atom is -0.357 e. The van der Waals surface area contributed by atoms with Crippen molar-refractivity contribution in [3.05, 3.63) is 0 Å². The van der Waals surface area contributed by atoms with Crippen molar-refractivity contribution in [1.82, 2.24) is 15.5 Å². The normalized spacial score (nSPS) is 21.6. The van der Waals surface area contributed by atoms with E-state index in [1.54, 1.807) is 0 Å². The first-order valence-corrected chi connectivity index (χ1v) is 9.40. The number of hydrogen-bond donors (Lipinski definition) is 2. The maximum atomic E-state index is 4.82. The zero-order valence-electron chi connectivity index (χ0n) is 15.3. The summed E-state index contributed by atoms with van der Waals surface area (Å²) < 4.78 is 0. The average molecular weight is 311 g/mol. The zero-order valence-corrected chi connectivity index (χ0v) is 15.3. The average Bonchev–Trinajstić information content (AvgIpc) is 2.52. The predicted molar refractivity (Wildman–Crippen MR) is 97.5 cm³/mol. The Balaban J connectivity index is 2.40. The van der Waals surface area contributed by atoms with Gasteiger partial charge in [0.1, 0.15) is 0 Å². The van der Waals surface area contributed by atoms with Gasteiger partial charge in [-0.1, -0.05) is 33.1 Å². The molecule has 0 bridgehead atoms. The third kappa shape index (κ3) is 8.02. The van der Waals surface area contributed by atoms with E-state index in [0.717, 1.165) is 37.4 Å². The third-order valence-electron chi connectivity index (χ3n) is 4.68. The van der Waals surface area contributed by atoms with Crippen molar-refractivity contribution in [2.45, 2.75) is 59.3 Å². The topological polar surface area (TPSA) is 39.7 Å². The standard InChI is InChI=1S/C18H38N4/c1-5-8-10-16(6-2)13-20-18(19-7-3)21-14-17-11-9-12-22(4)15-17/h16-17H,5-15H2,1-4H3,(H2,19,20,21). The van der Waals surface area contributed by atoms with Gasteiger partial charge in [-0.2, -0.15) is 0 Å². The molecule has 1 rings (SSSR count). The van der Waals surface area contributed by atoms with Crippen LogP contribution in [0.2, 0.25) is 0 Å². The molecule has 1 aliphatic rings. The van der Waals surface area contributed by atoms with E-state index < -0.39 is 0 Å². The van der Waals surface area contributed by atoms with Crippen LogP contribution in [-0.2, 0) is 0 Å². The highest BCUT2D eigenvalue weighted by molar-refractivity contribution is 5.79. The molecule has 0 aromatic rings. The summed E-state index contributed by atoms with van der Waals surface area (Å²) in [6, 6.07) is 0. The van der Waals surface area contributed by atoms with E-state index in [1.165, 1.54) is 51.6 Å². The van der Waals surface area contributed by atoms with Crippen LogP contribution in [0.3, 0.4) is 0 Å². The van der Waals surface area contributed by atoms with Crippen molar-refractivity contribution in [2.24, 2.45) is 16.8 Å². The van der Waals surface area contributed by atoms with Crippen LogP contribution in [0.25, 0.3) is 0 Å². The van der Waals surface area contributed by atoms with E-state index in [0.29, 0.717) is 0 Å². The Labute approximate surface area is 138 Å². The summed E-state index contributed by atoms with van der Waals surface area (Å²) in [7, 11) is 2.23. The van der Waals surface area contributed by atoms with Crippen molar-refractivity contribution in [3.8, 4) is 0 Å². The molecule has 1 fully saturated rings. The highest BCUT2D eigenvalue weighted by Crippen LogP contribution is 2.14. The molecule has 1 heterocycles. The van der Waals surface area contributed by atoms with Crippen LogP contribution in [0.5, 0.6) is 0 Å². The molecule has 0 aromatic carbocycles. The molecule has 1 saturated heterocycles. The van der Waals surface area contributed by atoms with E-state index >= 15 is 0 Å². The molecular formula is C18H38N4. The number of nitrogens with one attached hydrogen (secondary N) is 2. The van der Waals surface area contributed by atoms with Gasteiger partial charge in [-0.25, -0.2) is 0 Å². The number of guanidine groups is 1. The van der Waals surface area contributed by atoms with Crippen molar-refractivity contribution in [3.63, 3.8) is 0 Å². The second kappa shape index (κ2) is 11.8. The fourth-order valence-electron chi connectivity index (χ4n) is 3.16. The zero-order chi connectivity index (χ0) is 16.2. The Morgan fingerprint density at radius 3 is 2.73 bits per heavy atom. The third-order valence-corrected chi connectivity index (χ3v) is 4.68. The molecule has 0 amide bonds. The molecule has 0 radical (unpaired) electrons. The van der Waals surface area contributed by atoms with Crippen LogP contribution in [-0.4, -0.2) is 50.6 Å². The van der Waals surface area contributed by atoms with Gasteiger partial charge in [0.15, 0.2) is 5.96 Å². The van der Waals surface area contributed by atoms with E-state index in [4.69, 9.17) is 4.99 Å². The van der Waals surface area contributed by atoms with Gasteiger partial charge >= 0.3 is 0 Å².